The molecule has 3 amide bonds. The molecule has 55 heavy (non-hydrogen) atoms. The van der Waals surface area contributed by atoms with Gasteiger partial charge in [0.2, 0.25) is 5.91 Å². The molecular weight excluding hydrogens is 718 g/mol. The molecule has 0 bridgehead atoms. The number of hydrogen-bond donors (Lipinski definition) is 4. The van der Waals surface area contributed by atoms with E-state index in [1.54, 1.807) is 66.7 Å². The molecule has 4 N–H and O–H groups in total. The minimum absolute atomic E-state index is 0.0128. The second kappa shape index (κ2) is 19.8. The first kappa shape index (κ1) is 40.8. The van der Waals surface area contributed by atoms with Crippen LogP contribution in [0.3, 0.4) is 0 Å². The molecule has 2 fully saturated rings. The van der Waals surface area contributed by atoms with Gasteiger partial charge < -0.3 is 54.2 Å². The highest BCUT2D eigenvalue weighted by atomic mass is 16.7. The molecule has 5 rings (SSSR count). The van der Waals surface area contributed by atoms with Gasteiger partial charge in [-0.3, -0.25) is 4.79 Å². The van der Waals surface area contributed by atoms with E-state index in [0.29, 0.717) is 0 Å². The zero-order valence-corrected chi connectivity index (χ0v) is 30.2. The Hall–Kier alpha value is -5.39. The molecule has 16 heteroatoms. The number of nitrogens with one attached hydrogen (secondary N) is 2. The molecule has 5 atom stereocenters. The van der Waals surface area contributed by atoms with E-state index >= 15 is 0 Å². The van der Waals surface area contributed by atoms with Gasteiger partial charge in [0.25, 0.3) is 0 Å². The monoisotopic (exact) mass is 763 g/mol. The number of benzene rings is 3. The van der Waals surface area contributed by atoms with Crippen molar-refractivity contribution in [1.82, 2.24) is 15.5 Å². The highest BCUT2D eigenvalue weighted by Crippen LogP contribution is 2.30. The third-order valence-corrected chi connectivity index (χ3v) is 8.95. The molecule has 294 valence electrons. The molecule has 5 unspecified atom stereocenters. The Morgan fingerprint density at radius 1 is 0.745 bits per heavy atom. The number of ether oxygens (including phenoxy) is 6. The molecule has 0 aliphatic carbocycles. The van der Waals surface area contributed by atoms with Crippen LogP contribution in [0.2, 0.25) is 0 Å². The minimum Gasteiger partial charge on any atom is -0.459 e. The van der Waals surface area contributed by atoms with Gasteiger partial charge in [0.15, 0.2) is 18.5 Å². The van der Waals surface area contributed by atoms with Crippen LogP contribution in [-0.4, -0.2) is 135 Å². The number of aliphatic hydroxyl groups excluding tert-OH is 2. The predicted octanol–water partition coefficient (Wildman–Crippen LogP) is 1.55. The van der Waals surface area contributed by atoms with Crippen LogP contribution in [0.1, 0.15) is 38.0 Å². The zero-order chi connectivity index (χ0) is 39.2. The molecule has 3 aromatic carbocycles. The largest absolute Gasteiger partial charge is 0.459 e. The average Bonchev–Trinajstić information content (AvgIpc) is 3.19. The molecule has 3 aromatic rings. The minimum atomic E-state index is -1.41. The van der Waals surface area contributed by atoms with Crippen molar-refractivity contribution in [2.24, 2.45) is 5.41 Å². The molecule has 16 nitrogen and oxygen atoms in total. The first-order valence-electron chi connectivity index (χ1n) is 17.7. The van der Waals surface area contributed by atoms with E-state index < -0.39 is 66.5 Å². The smallest absolute Gasteiger partial charge is 0.338 e. The lowest BCUT2D eigenvalue weighted by Crippen LogP contribution is -2.66. The summed E-state index contributed by atoms with van der Waals surface area (Å²) in [5.41, 5.74) is -0.0589. The van der Waals surface area contributed by atoms with Gasteiger partial charge in [0.1, 0.15) is 18.8 Å². The van der Waals surface area contributed by atoms with Crippen molar-refractivity contribution in [1.29, 1.82) is 0 Å². The molecule has 0 radical (unpaired) electrons. The quantitative estimate of drug-likeness (QED) is 0.0876. The SMILES string of the molecule is CC(=O)NC1C(OCCOCCNC(=O)N2CC(CO)(CO)C2)OC(COC(=O)c2ccccc2)C(OC(=O)c2ccccc2)C1OC(=O)c1ccccc1. The van der Waals surface area contributed by atoms with Crippen LogP contribution >= 0.6 is 0 Å². The van der Waals surface area contributed by atoms with E-state index in [2.05, 4.69) is 10.6 Å². The summed E-state index contributed by atoms with van der Waals surface area (Å²) in [5.74, 6) is -2.79. The summed E-state index contributed by atoms with van der Waals surface area (Å²) in [6, 6.07) is 22.8. The number of esters is 3. The topological polar surface area (TPSA) is 208 Å². The molecule has 0 aromatic heterocycles. The third kappa shape index (κ3) is 11.1. The Balaban J connectivity index is 1.30. The number of likely N-dealkylation sites (tertiary alicyclic amines) is 1. The number of carbonyl (C=O) groups excluding carboxylic acids is 5. The predicted molar refractivity (Wildman–Crippen MR) is 193 cm³/mol. The molecule has 0 saturated carbocycles. The van der Waals surface area contributed by atoms with Gasteiger partial charge in [-0.1, -0.05) is 54.6 Å². The number of hydrogen-bond acceptors (Lipinski definition) is 13. The van der Waals surface area contributed by atoms with Crippen LogP contribution in [-0.2, 0) is 33.2 Å². The number of aliphatic hydroxyl groups is 2. The highest BCUT2D eigenvalue weighted by molar-refractivity contribution is 5.91. The normalized spacial score (nSPS) is 21.4. The van der Waals surface area contributed by atoms with E-state index in [1.807, 2.05) is 0 Å². The Bertz CT molecular complexity index is 1720. The van der Waals surface area contributed by atoms with Gasteiger partial charge >= 0.3 is 23.9 Å². The van der Waals surface area contributed by atoms with Crippen molar-refractivity contribution in [3.63, 3.8) is 0 Å². The van der Waals surface area contributed by atoms with Crippen LogP contribution in [0.15, 0.2) is 91.0 Å². The maximum Gasteiger partial charge on any atom is 0.338 e. The van der Waals surface area contributed by atoms with Gasteiger partial charge in [0.05, 0.1) is 55.1 Å². The lowest BCUT2D eigenvalue weighted by molar-refractivity contribution is -0.270. The van der Waals surface area contributed by atoms with Crippen molar-refractivity contribution in [3.8, 4) is 0 Å². The van der Waals surface area contributed by atoms with Crippen LogP contribution < -0.4 is 10.6 Å². The van der Waals surface area contributed by atoms with Crippen LogP contribution in [0, 0.1) is 5.41 Å². The van der Waals surface area contributed by atoms with Gasteiger partial charge in [-0.2, -0.15) is 0 Å². The lowest BCUT2D eigenvalue weighted by atomic mass is 9.82. The van der Waals surface area contributed by atoms with Crippen molar-refractivity contribution >= 4 is 29.8 Å². The van der Waals surface area contributed by atoms with E-state index in [9.17, 15) is 34.2 Å². The van der Waals surface area contributed by atoms with E-state index in [4.69, 9.17) is 28.4 Å². The molecule has 0 spiro atoms. The fourth-order valence-electron chi connectivity index (χ4n) is 6.02. The first-order valence-corrected chi connectivity index (χ1v) is 17.7. The van der Waals surface area contributed by atoms with Crippen molar-refractivity contribution in [2.75, 3.05) is 59.3 Å². The number of amides is 3. The number of urea groups is 1. The van der Waals surface area contributed by atoms with Crippen molar-refractivity contribution in [2.45, 2.75) is 37.6 Å². The molecular formula is C39H45N3O13. The van der Waals surface area contributed by atoms with Crippen LogP contribution in [0.25, 0.3) is 0 Å². The standard InChI is InChI=1S/C39H45N3O13/c1-26(45)41-31-33(55-36(48)29-15-9-4-10-16-29)32(54-35(47)28-13-7-3-8-14-28)30(21-52-34(46)27-11-5-2-6-12-27)53-37(31)51-20-19-50-18-17-40-38(49)42-22-39(23-42,24-43)25-44/h2-16,30-33,37,43-44H,17-25H2,1H3,(H,40,49)(H,41,45). The summed E-state index contributed by atoms with van der Waals surface area (Å²) in [5, 5.41) is 24.3. The van der Waals surface area contributed by atoms with E-state index in [-0.39, 0.29) is 75.4 Å². The number of rotatable bonds is 17. The summed E-state index contributed by atoms with van der Waals surface area (Å²) in [6.07, 6.45) is -5.39. The molecule has 2 aliphatic rings. The maximum absolute atomic E-state index is 13.5. The van der Waals surface area contributed by atoms with Crippen LogP contribution in [0.5, 0.6) is 0 Å². The van der Waals surface area contributed by atoms with Gasteiger partial charge in [-0.15, -0.1) is 0 Å². The Kier molecular flexibility index (Phi) is 14.7. The summed E-state index contributed by atoms with van der Waals surface area (Å²) >= 11 is 0. The Morgan fingerprint density at radius 3 is 1.80 bits per heavy atom. The van der Waals surface area contributed by atoms with Crippen molar-refractivity contribution in [3.05, 3.63) is 108 Å². The summed E-state index contributed by atoms with van der Waals surface area (Å²) in [4.78, 5) is 66.4. The summed E-state index contributed by atoms with van der Waals surface area (Å²) < 4.78 is 35.5. The average molecular weight is 764 g/mol. The van der Waals surface area contributed by atoms with Crippen LogP contribution in [0.4, 0.5) is 4.79 Å². The Labute approximate surface area is 317 Å². The van der Waals surface area contributed by atoms with E-state index in [0.717, 1.165) is 0 Å². The van der Waals surface area contributed by atoms with Crippen molar-refractivity contribution < 1.29 is 62.6 Å². The lowest BCUT2D eigenvalue weighted by Gasteiger charge is -2.47. The number of carbonyl (C=O) groups is 5. The van der Waals surface area contributed by atoms with E-state index in [1.165, 1.54) is 36.1 Å². The fraction of sp³-hybridized carbons (Fsp3) is 0.410. The second-order valence-corrected chi connectivity index (χ2v) is 13.1. The molecule has 2 heterocycles. The Morgan fingerprint density at radius 2 is 1.27 bits per heavy atom. The van der Waals surface area contributed by atoms with Gasteiger partial charge in [0, 0.05) is 26.6 Å². The molecule has 2 aliphatic heterocycles. The highest BCUT2D eigenvalue weighted by Gasteiger charge is 2.52. The van der Waals surface area contributed by atoms with Gasteiger partial charge in [-0.25, -0.2) is 19.2 Å². The zero-order valence-electron chi connectivity index (χ0n) is 30.2. The van der Waals surface area contributed by atoms with Gasteiger partial charge in [-0.05, 0) is 36.4 Å². The first-order chi connectivity index (χ1) is 26.6. The summed E-state index contributed by atoms with van der Waals surface area (Å²) in [7, 11) is 0. The maximum atomic E-state index is 13.5. The number of nitrogens with zero attached hydrogens (tertiary/aromatic N) is 1. The fourth-order valence-corrected chi connectivity index (χ4v) is 6.02. The third-order valence-electron chi connectivity index (χ3n) is 8.95. The molecule has 2 saturated heterocycles. The second-order valence-electron chi connectivity index (χ2n) is 13.1. The summed E-state index contributed by atoms with van der Waals surface area (Å²) in [6.45, 7) is 1.000.